The summed E-state index contributed by atoms with van der Waals surface area (Å²) in [7, 11) is 4.24. The Labute approximate surface area is 141 Å². The molecule has 0 heterocycles. The molecule has 1 aliphatic rings. The number of hydrogen-bond donors (Lipinski definition) is 2. The number of hydrogen-bond acceptors (Lipinski definition) is 5. The van der Waals surface area contributed by atoms with Gasteiger partial charge in [-0.15, -0.1) is 0 Å². The lowest BCUT2D eigenvalue weighted by Crippen LogP contribution is -2.39. The Hall–Kier alpha value is -2.44. The average molecular weight is 336 g/mol. The Kier molecular flexibility index (Phi) is 6.28. The van der Waals surface area contributed by atoms with E-state index in [2.05, 4.69) is 10.6 Å². The second kappa shape index (κ2) is 8.42. The summed E-state index contributed by atoms with van der Waals surface area (Å²) in [4.78, 5) is 24.2. The Bertz CT molecular complexity index is 597. The van der Waals surface area contributed by atoms with E-state index in [0.717, 1.165) is 25.7 Å². The van der Waals surface area contributed by atoms with Crippen molar-refractivity contribution in [1.82, 2.24) is 5.32 Å². The van der Waals surface area contributed by atoms with Gasteiger partial charge in [-0.1, -0.05) is 19.3 Å². The molecule has 0 atom stereocenters. The highest BCUT2D eigenvalue weighted by molar-refractivity contribution is 6.01. The van der Waals surface area contributed by atoms with Gasteiger partial charge in [-0.25, -0.2) is 9.59 Å². The quantitative estimate of drug-likeness (QED) is 0.808. The molecule has 0 unspecified atom stereocenters. The summed E-state index contributed by atoms with van der Waals surface area (Å²) in [5, 5.41) is 5.66. The predicted molar refractivity (Wildman–Crippen MR) is 89.9 cm³/mol. The Morgan fingerprint density at radius 3 is 2.21 bits per heavy atom. The molecule has 2 amide bonds. The summed E-state index contributed by atoms with van der Waals surface area (Å²) in [5.74, 6) is 0.234. The third-order valence-corrected chi connectivity index (χ3v) is 4.12. The predicted octanol–water partition coefficient (Wildman–Crippen LogP) is 2.94. The van der Waals surface area contributed by atoms with E-state index in [0.29, 0.717) is 17.2 Å². The first kappa shape index (κ1) is 17.9. The number of urea groups is 1. The van der Waals surface area contributed by atoms with E-state index < -0.39 is 5.97 Å². The normalized spacial score (nSPS) is 14.6. The summed E-state index contributed by atoms with van der Waals surface area (Å²) >= 11 is 0. The minimum Gasteiger partial charge on any atom is -0.493 e. The largest absolute Gasteiger partial charge is 0.493 e. The van der Waals surface area contributed by atoms with Crippen LogP contribution in [-0.2, 0) is 4.74 Å². The number of methoxy groups -OCH3 is 3. The molecule has 1 aliphatic carbocycles. The van der Waals surface area contributed by atoms with Crippen LogP contribution in [0.15, 0.2) is 12.1 Å². The highest BCUT2D eigenvalue weighted by Crippen LogP contribution is 2.33. The lowest BCUT2D eigenvalue weighted by atomic mass is 9.96. The van der Waals surface area contributed by atoms with Crippen molar-refractivity contribution in [1.29, 1.82) is 0 Å². The molecule has 7 nitrogen and oxygen atoms in total. The molecule has 2 rings (SSSR count). The Morgan fingerprint density at radius 2 is 1.62 bits per heavy atom. The molecule has 1 saturated carbocycles. The van der Waals surface area contributed by atoms with E-state index >= 15 is 0 Å². The smallest absolute Gasteiger partial charge is 0.340 e. The van der Waals surface area contributed by atoms with Gasteiger partial charge in [0.15, 0.2) is 11.5 Å². The Morgan fingerprint density at radius 1 is 1.00 bits per heavy atom. The summed E-state index contributed by atoms with van der Waals surface area (Å²) in [6.45, 7) is 0. The van der Waals surface area contributed by atoms with Crippen molar-refractivity contribution in [3.05, 3.63) is 17.7 Å². The summed E-state index contributed by atoms with van der Waals surface area (Å²) in [6.07, 6.45) is 5.40. The first-order chi connectivity index (χ1) is 11.6. The van der Waals surface area contributed by atoms with Crippen molar-refractivity contribution in [3.8, 4) is 11.5 Å². The Balaban J connectivity index is 2.19. The second-order valence-electron chi connectivity index (χ2n) is 5.68. The van der Waals surface area contributed by atoms with Gasteiger partial charge in [-0.2, -0.15) is 0 Å². The van der Waals surface area contributed by atoms with E-state index in [1.807, 2.05) is 0 Å². The standard InChI is InChI=1S/C17H24N2O5/c1-22-14-9-12(16(20)24-3)13(10-15(14)23-2)19-17(21)18-11-7-5-4-6-8-11/h9-11H,4-8H2,1-3H3,(H2,18,19,21). The van der Waals surface area contributed by atoms with Crippen LogP contribution in [0.1, 0.15) is 42.5 Å². The van der Waals surface area contributed by atoms with Crippen molar-refractivity contribution in [3.63, 3.8) is 0 Å². The molecular weight excluding hydrogens is 312 g/mol. The van der Waals surface area contributed by atoms with E-state index in [1.54, 1.807) is 6.07 Å². The zero-order valence-corrected chi connectivity index (χ0v) is 14.3. The van der Waals surface area contributed by atoms with Gasteiger partial charge >= 0.3 is 12.0 Å². The number of carbonyl (C=O) groups excluding carboxylic acids is 2. The minimum absolute atomic E-state index is 0.167. The van der Waals surface area contributed by atoms with Crippen molar-refractivity contribution in [2.24, 2.45) is 0 Å². The van der Waals surface area contributed by atoms with Crippen molar-refractivity contribution < 1.29 is 23.8 Å². The maximum absolute atomic E-state index is 12.3. The first-order valence-corrected chi connectivity index (χ1v) is 8.01. The maximum Gasteiger partial charge on any atom is 0.340 e. The van der Waals surface area contributed by atoms with Gasteiger partial charge in [0.2, 0.25) is 0 Å². The van der Waals surface area contributed by atoms with Crippen LogP contribution >= 0.6 is 0 Å². The third-order valence-electron chi connectivity index (χ3n) is 4.12. The fraction of sp³-hybridized carbons (Fsp3) is 0.529. The first-order valence-electron chi connectivity index (χ1n) is 8.01. The zero-order valence-electron chi connectivity index (χ0n) is 14.3. The molecule has 1 fully saturated rings. The fourth-order valence-corrected chi connectivity index (χ4v) is 2.85. The molecule has 0 saturated heterocycles. The van der Waals surface area contributed by atoms with Crippen LogP contribution in [-0.4, -0.2) is 39.4 Å². The third kappa shape index (κ3) is 4.31. The molecule has 0 radical (unpaired) electrons. The highest BCUT2D eigenvalue weighted by Gasteiger charge is 2.21. The SMILES string of the molecule is COC(=O)c1cc(OC)c(OC)cc1NC(=O)NC1CCCCC1. The van der Waals surface area contributed by atoms with Crippen LogP contribution in [0.4, 0.5) is 10.5 Å². The highest BCUT2D eigenvalue weighted by atomic mass is 16.5. The molecule has 132 valence electrons. The summed E-state index contributed by atoms with van der Waals surface area (Å²) in [6, 6.07) is 2.85. The number of benzene rings is 1. The molecule has 0 bridgehead atoms. The van der Waals surface area contributed by atoms with E-state index in [9.17, 15) is 9.59 Å². The minimum atomic E-state index is -0.566. The summed E-state index contributed by atoms with van der Waals surface area (Å²) in [5.41, 5.74) is 0.516. The van der Waals surface area contributed by atoms with E-state index in [-0.39, 0.29) is 17.6 Å². The monoisotopic (exact) mass is 336 g/mol. The average Bonchev–Trinajstić information content (AvgIpc) is 2.61. The van der Waals surface area contributed by atoms with Crippen molar-refractivity contribution in [2.75, 3.05) is 26.6 Å². The number of anilines is 1. The molecule has 2 N–H and O–H groups in total. The van der Waals surface area contributed by atoms with Gasteiger partial charge in [0.1, 0.15) is 0 Å². The second-order valence-corrected chi connectivity index (χ2v) is 5.68. The van der Waals surface area contributed by atoms with Gasteiger partial charge in [0, 0.05) is 18.2 Å². The number of carbonyl (C=O) groups is 2. The van der Waals surface area contributed by atoms with Crippen LogP contribution < -0.4 is 20.1 Å². The van der Waals surface area contributed by atoms with Crippen LogP contribution in [0.25, 0.3) is 0 Å². The van der Waals surface area contributed by atoms with E-state index in [1.165, 1.54) is 33.8 Å². The van der Waals surface area contributed by atoms with Gasteiger partial charge in [-0.05, 0) is 12.8 Å². The van der Waals surface area contributed by atoms with Gasteiger partial charge < -0.3 is 24.8 Å². The van der Waals surface area contributed by atoms with Crippen molar-refractivity contribution >= 4 is 17.7 Å². The number of esters is 1. The molecule has 0 spiro atoms. The van der Waals surface area contributed by atoms with Crippen LogP contribution in [0.3, 0.4) is 0 Å². The molecule has 7 heteroatoms. The summed E-state index contributed by atoms with van der Waals surface area (Å²) < 4.78 is 15.2. The van der Waals surface area contributed by atoms with Crippen molar-refractivity contribution in [2.45, 2.75) is 38.1 Å². The number of rotatable bonds is 5. The lowest BCUT2D eigenvalue weighted by Gasteiger charge is -2.23. The molecular formula is C17H24N2O5. The number of ether oxygens (including phenoxy) is 3. The molecule has 0 aromatic heterocycles. The van der Waals surface area contributed by atoms with Gasteiger partial charge in [0.25, 0.3) is 0 Å². The van der Waals surface area contributed by atoms with Crippen LogP contribution in [0, 0.1) is 0 Å². The number of nitrogens with one attached hydrogen (secondary N) is 2. The van der Waals surface area contributed by atoms with E-state index in [4.69, 9.17) is 14.2 Å². The van der Waals surface area contributed by atoms with Gasteiger partial charge in [0.05, 0.1) is 32.6 Å². The molecule has 24 heavy (non-hydrogen) atoms. The topological polar surface area (TPSA) is 85.9 Å². The van der Waals surface area contributed by atoms with Crippen LogP contribution in [0.5, 0.6) is 11.5 Å². The molecule has 1 aromatic carbocycles. The fourth-order valence-electron chi connectivity index (χ4n) is 2.85. The lowest BCUT2D eigenvalue weighted by molar-refractivity contribution is 0.0601. The molecule has 1 aromatic rings. The zero-order chi connectivity index (χ0) is 17.5. The molecule has 0 aliphatic heterocycles. The van der Waals surface area contributed by atoms with Crippen LogP contribution in [0.2, 0.25) is 0 Å². The number of amides is 2. The van der Waals surface area contributed by atoms with Gasteiger partial charge in [-0.3, -0.25) is 0 Å². The maximum atomic E-state index is 12.3.